The van der Waals surface area contributed by atoms with Gasteiger partial charge in [0.25, 0.3) is 0 Å². The maximum Gasteiger partial charge on any atom is 0.419 e. The lowest BCUT2D eigenvalue weighted by molar-refractivity contribution is -0.0253. The highest BCUT2D eigenvalue weighted by molar-refractivity contribution is 5.95. The minimum Gasteiger partial charge on any atom is -0.446 e. The number of carbonyl (C=O) groups excluding carboxylic acids is 1. The number of hydrogen-bond acceptors (Lipinski definition) is 3. The summed E-state index contributed by atoms with van der Waals surface area (Å²) in [4.78, 5) is 14.6. The lowest BCUT2D eigenvalue weighted by Crippen LogP contribution is -2.39. The van der Waals surface area contributed by atoms with Crippen molar-refractivity contribution in [3.63, 3.8) is 0 Å². The number of aliphatic hydroxyl groups is 1. The summed E-state index contributed by atoms with van der Waals surface area (Å²) < 4.78 is 5.66. The van der Waals surface area contributed by atoms with E-state index in [-0.39, 0.29) is 6.61 Å². The van der Waals surface area contributed by atoms with E-state index < -0.39 is 11.7 Å². The van der Waals surface area contributed by atoms with Gasteiger partial charge in [-0.1, -0.05) is 60.7 Å². The summed E-state index contributed by atoms with van der Waals surface area (Å²) in [5.41, 5.74) is 2.79. The van der Waals surface area contributed by atoms with Crippen LogP contribution < -0.4 is 4.90 Å². The van der Waals surface area contributed by atoms with Gasteiger partial charge in [-0.25, -0.2) is 9.69 Å². The van der Waals surface area contributed by atoms with Crippen molar-refractivity contribution in [1.29, 1.82) is 0 Å². The predicted octanol–water partition coefficient (Wildman–Crippen LogP) is 5.27. The van der Waals surface area contributed by atoms with Gasteiger partial charge in [0, 0.05) is 6.42 Å². The number of rotatable bonds is 4. The van der Waals surface area contributed by atoms with Crippen molar-refractivity contribution >= 4 is 17.5 Å². The molecule has 1 unspecified atom stereocenters. The summed E-state index contributed by atoms with van der Waals surface area (Å²) >= 11 is 0. The lowest BCUT2D eigenvalue weighted by atomic mass is 9.93. The van der Waals surface area contributed by atoms with Gasteiger partial charge in [-0.3, -0.25) is 0 Å². The fourth-order valence-electron chi connectivity index (χ4n) is 3.92. The highest BCUT2D eigenvalue weighted by atomic mass is 16.6. The van der Waals surface area contributed by atoms with Crippen molar-refractivity contribution in [3.8, 4) is 0 Å². The maximum absolute atomic E-state index is 13.1. The number of ether oxygens (including phenoxy) is 1. The van der Waals surface area contributed by atoms with Crippen LogP contribution in [0.25, 0.3) is 0 Å². The van der Waals surface area contributed by atoms with Gasteiger partial charge in [0.1, 0.15) is 12.2 Å². The van der Waals surface area contributed by atoms with Crippen molar-refractivity contribution in [3.05, 3.63) is 96.1 Å². The molecule has 3 aromatic carbocycles. The van der Waals surface area contributed by atoms with E-state index in [0.29, 0.717) is 12.8 Å². The molecule has 4 rings (SSSR count). The summed E-state index contributed by atoms with van der Waals surface area (Å²) in [7, 11) is 0. The number of amides is 1. The molecule has 1 aliphatic carbocycles. The Labute approximate surface area is 171 Å². The summed E-state index contributed by atoms with van der Waals surface area (Å²) in [6, 6.07) is 27.0. The van der Waals surface area contributed by atoms with E-state index in [0.717, 1.165) is 29.8 Å². The zero-order valence-corrected chi connectivity index (χ0v) is 16.3. The molecule has 148 valence electrons. The van der Waals surface area contributed by atoms with Gasteiger partial charge in [-0.05, 0) is 54.7 Å². The zero-order chi connectivity index (χ0) is 20.1. The van der Waals surface area contributed by atoms with Crippen LogP contribution in [-0.2, 0) is 17.6 Å². The molecule has 0 heterocycles. The Morgan fingerprint density at radius 3 is 2.03 bits per heavy atom. The number of anilines is 2. The van der Waals surface area contributed by atoms with E-state index in [4.69, 9.17) is 4.74 Å². The number of para-hydroxylation sites is 2. The first kappa shape index (κ1) is 19.2. The number of nitrogens with zero attached hydrogens (tertiary/aromatic N) is 1. The van der Waals surface area contributed by atoms with Crippen LogP contribution in [-0.4, -0.2) is 23.4 Å². The number of benzene rings is 3. The molecule has 0 saturated carbocycles. The fraction of sp³-hybridized carbons (Fsp3) is 0.240. The molecule has 0 radical (unpaired) electrons. The molecule has 1 aliphatic rings. The maximum atomic E-state index is 13.1. The fourth-order valence-corrected chi connectivity index (χ4v) is 3.92. The van der Waals surface area contributed by atoms with E-state index in [1.165, 1.54) is 10.5 Å². The Morgan fingerprint density at radius 1 is 0.862 bits per heavy atom. The van der Waals surface area contributed by atoms with Gasteiger partial charge in [-0.15, -0.1) is 0 Å². The molecular formula is C25H25NO3. The largest absolute Gasteiger partial charge is 0.446 e. The van der Waals surface area contributed by atoms with E-state index >= 15 is 0 Å². The van der Waals surface area contributed by atoms with Crippen LogP contribution in [0.1, 0.15) is 24.0 Å². The summed E-state index contributed by atoms with van der Waals surface area (Å²) in [5.74, 6) is 0. The number of carbonyl (C=O) groups is 1. The van der Waals surface area contributed by atoms with Crippen molar-refractivity contribution in [1.82, 2.24) is 0 Å². The van der Waals surface area contributed by atoms with Gasteiger partial charge >= 0.3 is 6.09 Å². The molecule has 0 saturated heterocycles. The molecule has 0 spiro atoms. The van der Waals surface area contributed by atoms with Crippen molar-refractivity contribution in [2.45, 2.75) is 31.3 Å². The summed E-state index contributed by atoms with van der Waals surface area (Å²) in [6.07, 6.45) is 2.41. The third-order valence-corrected chi connectivity index (χ3v) is 5.40. The smallest absolute Gasteiger partial charge is 0.419 e. The normalized spacial score (nSPS) is 18.4. The van der Waals surface area contributed by atoms with Crippen LogP contribution in [0, 0.1) is 0 Å². The Morgan fingerprint density at radius 2 is 1.41 bits per heavy atom. The molecule has 4 nitrogen and oxygen atoms in total. The number of hydrogen-bond donors (Lipinski definition) is 1. The van der Waals surface area contributed by atoms with Crippen LogP contribution in [0.5, 0.6) is 0 Å². The number of aryl methyl sites for hydroxylation is 1. The Bertz CT molecular complexity index is 919. The molecule has 0 aromatic heterocycles. The molecule has 3 aromatic rings. The molecule has 29 heavy (non-hydrogen) atoms. The summed E-state index contributed by atoms with van der Waals surface area (Å²) in [5, 5.41) is 11.2. The highest BCUT2D eigenvalue weighted by Gasteiger charge is 2.33. The minimum absolute atomic E-state index is 0.0314. The molecule has 1 amide bonds. The Kier molecular flexibility index (Phi) is 5.63. The van der Waals surface area contributed by atoms with Crippen LogP contribution >= 0.6 is 0 Å². The number of fused-ring (bicyclic) bond motifs is 1. The second-order valence-electron chi connectivity index (χ2n) is 7.58. The van der Waals surface area contributed by atoms with Crippen molar-refractivity contribution < 1.29 is 14.6 Å². The molecule has 1 atom stereocenters. The molecule has 0 aliphatic heterocycles. The third-order valence-electron chi connectivity index (χ3n) is 5.40. The van der Waals surface area contributed by atoms with Crippen molar-refractivity contribution in [2.24, 2.45) is 0 Å². The lowest BCUT2D eigenvalue weighted by Gasteiger charge is -2.29. The molecule has 1 N–H and O–H groups in total. The van der Waals surface area contributed by atoms with Crippen molar-refractivity contribution in [2.75, 3.05) is 11.5 Å². The minimum atomic E-state index is -1.05. The predicted molar refractivity (Wildman–Crippen MR) is 114 cm³/mol. The molecule has 0 bridgehead atoms. The average molecular weight is 387 g/mol. The molecule has 0 fully saturated rings. The first-order valence-corrected chi connectivity index (χ1v) is 10.0. The summed E-state index contributed by atoms with van der Waals surface area (Å²) in [6.45, 7) is -0.0314. The van der Waals surface area contributed by atoms with E-state index in [1.807, 2.05) is 78.9 Å². The topological polar surface area (TPSA) is 49.8 Å². The molecular weight excluding hydrogens is 362 g/mol. The molecule has 4 heteroatoms. The van der Waals surface area contributed by atoms with E-state index in [2.05, 4.69) is 6.07 Å². The van der Waals surface area contributed by atoms with E-state index in [1.54, 1.807) is 0 Å². The Balaban J connectivity index is 1.52. The SMILES string of the molecule is O=C(OCC1(O)CCCc2ccccc2C1)N(c1ccccc1)c1ccccc1. The van der Waals surface area contributed by atoms with Crippen LogP contribution in [0.15, 0.2) is 84.9 Å². The monoisotopic (exact) mass is 387 g/mol. The first-order chi connectivity index (χ1) is 14.1. The van der Waals surface area contributed by atoms with Gasteiger partial charge < -0.3 is 9.84 Å². The van der Waals surface area contributed by atoms with Gasteiger partial charge in [0.05, 0.1) is 11.4 Å². The standard InChI is InChI=1S/C25H25NO3/c27-24(26(22-13-3-1-4-14-22)23-15-5-2-6-16-23)29-19-25(28)17-9-12-20-10-7-8-11-21(20)18-25/h1-8,10-11,13-16,28H,9,12,17-19H2. The van der Waals surface area contributed by atoms with Gasteiger partial charge in [0.2, 0.25) is 0 Å². The van der Waals surface area contributed by atoms with Gasteiger partial charge in [0.15, 0.2) is 0 Å². The van der Waals surface area contributed by atoms with Crippen LogP contribution in [0.4, 0.5) is 16.2 Å². The van der Waals surface area contributed by atoms with Gasteiger partial charge in [-0.2, -0.15) is 0 Å². The second kappa shape index (κ2) is 8.50. The zero-order valence-electron chi connectivity index (χ0n) is 16.3. The third kappa shape index (κ3) is 4.49. The highest BCUT2D eigenvalue weighted by Crippen LogP contribution is 2.30. The quantitative estimate of drug-likeness (QED) is 0.620. The first-order valence-electron chi connectivity index (χ1n) is 10.0. The van der Waals surface area contributed by atoms with Crippen LogP contribution in [0.3, 0.4) is 0 Å². The second-order valence-corrected chi connectivity index (χ2v) is 7.58. The average Bonchev–Trinajstić information content (AvgIpc) is 2.92. The van der Waals surface area contributed by atoms with E-state index in [9.17, 15) is 9.90 Å². The van der Waals surface area contributed by atoms with Crippen LogP contribution in [0.2, 0.25) is 0 Å². The Hall–Kier alpha value is -3.11.